The third-order valence-corrected chi connectivity index (χ3v) is 6.94. The summed E-state index contributed by atoms with van der Waals surface area (Å²) in [7, 11) is 0. The van der Waals surface area contributed by atoms with Gasteiger partial charge in [-0.15, -0.1) is 0 Å². The minimum Gasteiger partial charge on any atom is -0.476 e. The summed E-state index contributed by atoms with van der Waals surface area (Å²) >= 11 is 0. The minimum atomic E-state index is -1.09. The third-order valence-electron chi connectivity index (χ3n) is 6.94. The van der Waals surface area contributed by atoms with Gasteiger partial charge in [-0.25, -0.2) is 4.79 Å². The number of rotatable bonds is 8. The van der Waals surface area contributed by atoms with Gasteiger partial charge in [0, 0.05) is 44.2 Å². The molecule has 2 aliphatic heterocycles. The second kappa shape index (κ2) is 11.4. The highest BCUT2D eigenvalue weighted by molar-refractivity contribution is 6.05. The Bertz CT molecular complexity index is 1050. The first-order valence-electron chi connectivity index (χ1n) is 13.1. The monoisotopic (exact) mass is 516 g/mol. The van der Waals surface area contributed by atoms with Crippen molar-refractivity contribution in [2.45, 2.75) is 84.9 Å². The number of likely N-dealkylation sites (tertiary alicyclic amines) is 1. The van der Waals surface area contributed by atoms with Gasteiger partial charge in [0.2, 0.25) is 5.91 Å². The molecular formula is C27H40N4O6. The second-order valence-corrected chi connectivity index (χ2v) is 10.6. The van der Waals surface area contributed by atoms with E-state index < -0.39 is 11.7 Å². The summed E-state index contributed by atoms with van der Waals surface area (Å²) in [6.45, 7) is 12.3. The molecule has 3 rings (SSSR count). The number of piperidine rings is 1. The average Bonchev–Trinajstić information content (AvgIpc) is 2.81. The third kappa shape index (κ3) is 6.17. The molecule has 0 spiro atoms. The maximum Gasteiger partial charge on any atom is 0.407 e. The summed E-state index contributed by atoms with van der Waals surface area (Å²) in [5.74, 6) is -0.0274. The quantitative estimate of drug-likeness (QED) is 0.547. The van der Waals surface area contributed by atoms with Crippen molar-refractivity contribution in [1.82, 2.24) is 15.1 Å². The number of hydrogen-bond donors (Lipinski definition) is 2. The minimum absolute atomic E-state index is 0.0714. The van der Waals surface area contributed by atoms with Crippen molar-refractivity contribution in [1.29, 1.82) is 0 Å². The van der Waals surface area contributed by atoms with Crippen molar-refractivity contribution >= 4 is 29.5 Å². The van der Waals surface area contributed by atoms with Crippen molar-refractivity contribution in [2.75, 3.05) is 31.1 Å². The highest BCUT2D eigenvalue weighted by atomic mass is 16.5. The lowest BCUT2D eigenvalue weighted by Crippen LogP contribution is -2.55. The van der Waals surface area contributed by atoms with Crippen molar-refractivity contribution < 1.29 is 29.0 Å². The standard InChI is InChI=1S/C27H40N4O6/c1-7-9-23(32)28-11-13-30-21-15-20(18(4)14-22(21)37-27(5,6)25(30)34)24(33)31(17(2)3)19-10-8-12-29(16-19)26(35)36/h14-15,17,19H,7-13,16H2,1-6H3,(H,28,32)(H,35,36)/t19-/m1/s1. The topological polar surface area (TPSA) is 119 Å². The number of nitrogens with one attached hydrogen (secondary N) is 1. The molecule has 1 saturated heterocycles. The number of anilines is 1. The van der Waals surface area contributed by atoms with E-state index in [1.807, 2.05) is 27.7 Å². The summed E-state index contributed by atoms with van der Waals surface area (Å²) in [5.41, 5.74) is 0.547. The number of carbonyl (C=O) groups excluding carboxylic acids is 3. The van der Waals surface area contributed by atoms with E-state index in [4.69, 9.17) is 4.74 Å². The van der Waals surface area contributed by atoms with Gasteiger partial charge >= 0.3 is 6.09 Å². The van der Waals surface area contributed by atoms with Crippen LogP contribution in [0.5, 0.6) is 5.75 Å². The molecule has 204 valence electrons. The van der Waals surface area contributed by atoms with E-state index in [0.29, 0.717) is 42.0 Å². The maximum absolute atomic E-state index is 13.9. The van der Waals surface area contributed by atoms with Crippen LogP contribution in [0.3, 0.4) is 0 Å². The molecule has 1 fully saturated rings. The molecule has 0 unspecified atom stereocenters. The molecule has 2 aliphatic rings. The summed E-state index contributed by atoms with van der Waals surface area (Å²) in [6.07, 6.45) is 1.58. The summed E-state index contributed by atoms with van der Waals surface area (Å²) in [4.78, 5) is 55.4. The van der Waals surface area contributed by atoms with Crippen LogP contribution in [-0.2, 0) is 9.59 Å². The van der Waals surface area contributed by atoms with Crippen LogP contribution in [0.4, 0.5) is 10.5 Å². The Morgan fingerprint density at radius 1 is 1.27 bits per heavy atom. The number of carbonyl (C=O) groups is 4. The number of hydrogen-bond acceptors (Lipinski definition) is 5. The van der Waals surface area contributed by atoms with Gasteiger partial charge in [-0.3, -0.25) is 14.4 Å². The fourth-order valence-electron chi connectivity index (χ4n) is 5.11. The molecule has 2 heterocycles. The van der Waals surface area contributed by atoms with E-state index >= 15 is 0 Å². The van der Waals surface area contributed by atoms with Crippen molar-refractivity contribution in [3.8, 4) is 5.75 Å². The molecule has 0 saturated carbocycles. The van der Waals surface area contributed by atoms with Crippen molar-refractivity contribution in [2.24, 2.45) is 0 Å². The first kappa shape index (κ1) is 28.3. The number of carboxylic acid groups (broad SMARTS) is 1. The Kier molecular flexibility index (Phi) is 8.71. The zero-order valence-electron chi connectivity index (χ0n) is 22.8. The van der Waals surface area contributed by atoms with Crippen LogP contribution in [0, 0.1) is 6.92 Å². The van der Waals surface area contributed by atoms with E-state index in [-0.39, 0.29) is 49.4 Å². The smallest absolute Gasteiger partial charge is 0.407 e. The fourth-order valence-corrected chi connectivity index (χ4v) is 5.11. The summed E-state index contributed by atoms with van der Waals surface area (Å²) < 4.78 is 6.03. The van der Waals surface area contributed by atoms with E-state index in [1.54, 1.807) is 35.8 Å². The Hall–Kier alpha value is -3.30. The van der Waals surface area contributed by atoms with Crippen LogP contribution in [0.2, 0.25) is 0 Å². The molecule has 1 aromatic rings. The zero-order valence-corrected chi connectivity index (χ0v) is 22.8. The number of benzene rings is 1. The molecule has 1 aromatic carbocycles. The molecule has 10 nitrogen and oxygen atoms in total. The van der Waals surface area contributed by atoms with E-state index in [0.717, 1.165) is 12.8 Å². The molecule has 4 amide bonds. The van der Waals surface area contributed by atoms with Crippen LogP contribution in [0.25, 0.3) is 0 Å². The highest BCUT2D eigenvalue weighted by Crippen LogP contribution is 2.40. The maximum atomic E-state index is 13.9. The largest absolute Gasteiger partial charge is 0.476 e. The molecule has 1 atom stereocenters. The average molecular weight is 517 g/mol. The lowest BCUT2D eigenvalue weighted by Gasteiger charge is -2.41. The van der Waals surface area contributed by atoms with E-state index in [2.05, 4.69) is 5.32 Å². The molecule has 0 aliphatic carbocycles. The van der Waals surface area contributed by atoms with Crippen molar-refractivity contribution in [3.63, 3.8) is 0 Å². The Labute approximate surface area is 218 Å². The number of aryl methyl sites for hydroxylation is 1. The van der Waals surface area contributed by atoms with Gasteiger partial charge in [-0.05, 0) is 71.6 Å². The molecule has 0 aromatic heterocycles. The normalized spacial score (nSPS) is 18.8. The van der Waals surface area contributed by atoms with Gasteiger partial charge < -0.3 is 29.9 Å². The molecule has 2 N–H and O–H groups in total. The van der Waals surface area contributed by atoms with Gasteiger partial charge in [0.25, 0.3) is 11.8 Å². The predicted molar refractivity (Wildman–Crippen MR) is 140 cm³/mol. The van der Waals surface area contributed by atoms with Gasteiger partial charge in [-0.1, -0.05) is 6.92 Å². The lowest BCUT2D eigenvalue weighted by atomic mass is 9.97. The Balaban J connectivity index is 1.94. The van der Waals surface area contributed by atoms with Crippen LogP contribution in [-0.4, -0.2) is 82.6 Å². The highest BCUT2D eigenvalue weighted by Gasteiger charge is 2.42. The number of ether oxygens (including phenoxy) is 1. The van der Waals surface area contributed by atoms with Crippen LogP contribution >= 0.6 is 0 Å². The number of nitrogens with zero attached hydrogens (tertiary/aromatic N) is 3. The van der Waals surface area contributed by atoms with E-state index in [1.165, 1.54) is 4.90 Å². The van der Waals surface area contributed by atoms with E-state index in [9.17, 15) is 24.3 Å². The number of fused-ring (bicyclic) bond motifs is 1. The fraction of sp³-hybridized carbons (Fsp3) is 0.630. The summed E-state index contributed by atoms with van der Waals surface area (Å²) in [6, 6.07) is 3.08. The number of amides is 4. The first-order valence-corrected chi connectivity index (χ1v) is 13.1. The molecule has 10 heteroatoms. The van der Waals surface area contributed by atoms with Gasteiger partial charge in [0.05, 0.1) is 11.7 Å². The molecule has 37 heavy (non-hydrogen) atoms. The Morgan fingerprint density at radius 3 is 2.59 bits per heavy atom. The Morgan fingerprint density at radius 2 is 1.97 bits per heavy atom. The van der Waals surface area contributed by atoms with Crippen molar-refractivity contribution in [3.05, 3.63) is 23.3 Å². The molecule has 0 bridgehead atoms. The summed E-state index contributed by atoms with van der Waals surface area (Å²) in [5, 5.41) is 12.3. The van der Waals surface area contributed by atoms with Gasteiger partial charge in [0.15, 0.2) is 5.60 Å². The molecular weight excluding hydrogens is 476 g/mol. The van der Waals surface area contributed by atoms with Crippen LogP contribution < -0.4 is 15.0 Å². The second-order valence-electron chi connectivity index (χ2n) is 10.6. The van der Waals surface area contributed by atoms with Gasteiger partial charge in [-0.2, -0.15) is 0 Å². The first-order chi connectivity index (χ1) is 17.4. The molecule has 0 radical (unpaired) electrons. The predicted octanol–water partition coefficient (Wildman–Crippen LogP) is 3.41. The van der Waals surface area contributed by atoms with Crippen LogP contribution in [0.15, 0.2) is 12.1 Å². The lowest BCUT2D eigenvalue weighted by molar-refractivity contribution is -0.132. The zero-order chi connectivity index (χ0) is 27.5. The SMILES string of the molecule is CCCC(=O)NCCN1C(=O)C(C)(C)Oc2cc(C)c(C(=O)N(C(C)C)[C@@H]3CCCN(C(=O)O)C3)cc21. The van der Waals surface area contributed by atoms with Gasteiger partial charge in [0.1, 0.15) is 5.75 Å². The van der Waals surface area contributed by atoms with Crippen LogP contribution in [0.1, 0.15) is 76.2 Å².